The minimum Gasteiger partial charge on any atom is -0.374 e. The molecule has 1 amide bonds. The number of hydrogen-bond acceptors (Lipinski definition) is 7. The number of aromatic nitrogens is 5. The highest BCUT2D eigenvalue weighted by atomic mass is 32.1. The molecule has 10 nitrogen and oxygen atoms in total. The molecule has 164 valence electrons. The molecule has 11 heteroatoms. The maximum Gasteiger partial charge on any atom is 0.332 e. The summed E-state index contributed by atoms with van der Waals surface area (Å²) < 4.78 is 3.73. The number of amides is 1. The smallest absolute Gasteiger partial charge is 0.332 e. The number of aryl methyl sites for hydroxylation is 1. The monoisotopic (exact) mass is 451 g/mol. The van der Waals surface area contributed by atoms with Gasteiger partial charge in [0.2, 0.25) is 5.91 Å². The Morgan fingerprint density at radius 2 is 2.00 bits per heavy atom. The number of anilines is 2. The first-order valence-corrected chi connectivity index (χ1v) is 10.9. The van der Waals surface area contributed by atoms with Crippen LogP contribution in [0.5, 0.6) is 0 Å². The first-order chi connectivity index (χ1) is 15.3. The van der Waals surface area contributed by atoms with Crippen molar-refractivity contribution in [2.24, 2.45) is 14.1 Å². The fraction of sp³-hybridized carbons (Fsp3) is 0.286. The number of nitrogens with zero attached hydrogens (tertiary/aromatic N) is 6. The maximum atomic E-state index is 12.6. The number of carbonyl (C=O) groups is 1. The number of carbonyl (C=O) groups excluding carboxylic acids is 1. The summed E-state index contributed by atoms with van der Waals surface area (Å²) in [7, 11) is 5.01. The van der Waals surface area contributed by atoms with E-state index in [2.05, 4.69) is 45.4 Å². The highest BCUT2D eigenvalue weighted by Crippen LogP contribution is 2.33. The van der Waals surface area contributed by atoms with Gasteiger partial charge >= 0.3 is 5.69 Å². The van der Waals surface area contributed by atoms with Crippen LogP contribution in [0.15, 0.2) is 39.5 Å². The van der Waals surface area contributed by atoms with Gasteiger partial charge in [-0.3, -0.25) is 18.7 Å². The van der Waals surface area contributed by atoms with Crippen molar-refractivity contribution in [2.75, 3.05) is 23.8 Å². The Labute approximate surface area is 186 Å². The fourth-order valence-electron chi connectivity index (χ4n) is 3.99. The lowest BCUT2D eigenvalue weighted by Gasteiger charge is -2.12. The van der Waals surface area contributed by atoms with Gasteiger partial charge in [-0.25, -0.2) is 14.8 Å². The number of nitrogens with one attached hydrogen (secondary N) is 1. The van der Waals surface area contributed by atoms with Crippen LogP contribution in [0.2, 0.25) is 0 Å². The Morgan fingerprint density at radius 1 is 1.19 bits per heavy atom. The largest absolute Gasteiger partial charge is 0.374 e. The van der Waals surface area contributed by atoms with E-state index in [1.54, 1.807) is 0 Å². The molecule has 0 unspecified atom stereocenters. The zero-order chi connectivity index (χ0) is 22.6. The number of likely N-dealkylation sites (N-methyl/N-ethyl adjacent to an activating group) is 1. The highest BCUT2D eigenvalue weighted by molar-refractivity contribution is 7.14. The Bertz CT molecular complexity index is 1490. The van der Waals surface area contributed by atoms with Crippen molar-refractivity contribution < 1.29 is 4.79 Å². The lowest BCUT2D eigenvalue weighted by atomic mass is 10.1. The standard InChI is InChI=1S/C21H21N7O3S/c1-25-7-6-12-4-5-13(8-15(12)25)14-10-32-20(23-14)24-16(29)9-28-11-22-18-17(28)19(30)27(3)21(31)26(18)2/h4-5,8,10-11H,6-7,9H2,1-3H3,(H,23,24,29). The third kappa shape index (κ3) is 3.21. The van der Waals surface area contributed by atoms with E-state index in [-0.39, 0.29) is 23.6 Å². The molecule has 3 aromatic heterocycles. The van der Waals surface area contributed by atoms with Crippen LogP contribution < -0.4 is 21.5 Å². The Balaban J connectivity index is 1.36. The third-order valence-corrected chi connectivity index (χ3v) is 6.55. The van der Waals surface area contributed by atoms with Gasteiger partial charge < -0.3 is 14.8 Å². The van der Waals surface area contributed by atoms with Gasteiger partial charge in [0.15, 0.2) is 16.3 Å². The predicted octanol–water partition coefficient (Wildman–Crippen LogP) is 1.19. The summed E-state index contributed by atoms with van der Waals surface area (Å²) in [5.74, 6) is -0.338. The summed E-state index contributed by atoms with van der Waals surface area (Å²) in [5.41, 5.74) is 3.82. The Kier molecular flexibility index (Phi) is 4.70. The second-order valence-electron chi connectivity index (χ2n) is 7.85. The van der Waals surface area contributed by atoms with Gasteiger partial charge in [0.05, 0.1) is 12.0 Å². The van der Waals surface area contributed by atoms with E-state index in [0.717, 1.165) is 28.8 Å². The van der Waals surface area contributed by atoms with Gasteiger partial charge in [-0.1, -0.05) is 12.1 Å². The fourth-order valence-corrected chi connectivity index (χ4v) is 4.73. The molecule has 0 bridgehead atoms. The third-order valence-electron chi connectivity index (χ3n) is 5.79. The zero-order valence-corrected chi connectivity index (χ0v) is 18.6. The SMILES string of the molecule is CN1CCc2ccc(-c3csc(NC(=O)Cn4cnc5c4c(=O)n(C)c(=O)n5C)n3)cc21. The van der Waals surface area contributed by atoms with Gasteiger partial charge in [-0.05, 0) is 18.1 Å². The number of hydrogen-bond donors (Lipinski definition) is 1. The summed E-state index contributed by atoms with van der Waals surface area (Å²) in [6, 6.07) is 6.31. The Hall–Kier alpha value is -3.73. The summed E-state index contributed by atoms with van der Waals surface area (Å²) in [6.07, 6.45) is 2.43. The van der Waals surface area contributed by atoms with Crippen LogP contribution in [0, 0.1) is 0 Å². The number of imidazole rings is 1. The number of fused-ring (bicyclic) bond motifs is 2. The molecule has 0 atom stereocenters. The summed E-state index contributed by atoms with van der Waals surface area (Å²) in [6.45, 7) is 0.889. The second-order valence-corrected chi connectivity index (χ2v) is 8.71. The van der Waals surface area contributed by atoms with E-state index < -0.39 is 11.2 Å². The van der Waals surface area contributed by atoms with Crippen molar-refractivity contribution in [1.29, 1.82) is 0 Å². The van der Waals surface area contributed by atoms with Crippen LogP contribution in [0.25, 0.3) is 22.4 Å². The predicted molar refractivity (Wildman–Crippen MR) is 123 cm³/mol. The van der Waals surface area contributed by atoms with Gasteiger partial charge in [-0.2, -0.15) is 0 Å². The molecule has 1 aliphatic heterocycles. The summed E-state index contributed by atoms with van der Waals surface area (Å²) in [4.78, 5) is 48.1. The molecular formula is C21H21N7O3S. The van der Waals surface area contributed by atoms with Gasteiger partial charge in [0.25, 0.3) is 5.56 Å². The Morgan fingerprint density at radius 3 is 2.81 bits per heavy atom. The first-order valence-electron chi connectivity index (χ1n) is 10.0. The van der Waals surface area contributed by atoms with E-state index in [4.69, 9.17) is 0 Å². The van der Waals surface area contributed by atoms with Crippen LogP contribution >= 0.6 is 11.3 Å². The minimum atomic E-state index is -0.494. The first kappa shape index (κ1) is 20.2. The van der Waals surface area contributed by atoms with Crippen molar-refractivity contribution in [3.63, 3.8) is 0 Å². The molecule has 32 heavy (non-hydrogen) atoms. The molecule has 0 saturated carbocycles. The van der Waals surface area contributed by atoms with E-state index in [1.807, 2.05) is 5.38 Å². The van der Waals surface area contributed by atoms with Crippen LogP contribution in [-0.2, 0) is 31.9 Å². The van der Waals surface area contributed by atoms with E-state index >= 15 is 0 Å². The van der Waals surface area contributed by atoms with Crippen LogP contribution in [0.4, 0.5) is 10.8 Å². The average Bonchev–Trinajstić information content (AvgIpc) is 3.50. The van der Waals surface area contributed by atoms with Crippen molar-refractivity contribution >= 4 is 39.2 Å². The van der Waals surface area contributed by atoms with Crippen molar-refractivity contribution in [3.05, 3.63) is 56.3 Å². The topological polar surface area (TPSA) is 107 Å². The molecule has 4 aromatic rings. The molecule has 4 heterocycles. The van der Waals surface area contributed by atoms with Gasteiger partial charge in [0, 0.05) is 44.3 Å². The normalized spacial score (nSPS) is 13.0. The van der Waals surface area contributed by atoms with E-state index in [9.17, 15) is 14.4 Å². The average molecular weight is 452 g/mol. The molecule has 1 N–H and O–H groups in total. The van der Waals surface area contributed by atoms with Crippen LogP contribution in [0.1, 0.15) is 5.56 Å². The number of thiazole rings is 1. The molecule has 1 aromatic carbocycles. The molecule has 0 spiro atoms. The zero-order valence-electron chi connectivity index (χ0n) is 17.8. The maximum absolute atomic E-state index is 12.6. The molecule has 5 rings (SSSR count). The van der Waals surface area contributed by atoms with E-state index in [1.165, 1.54) is 52.1 Å². The molecule has 0 saturated heterocycles. The highest BCUT2D eigenvalue weighted by Gasteiger charge is 2.18. The quantitative estimate of drug-likeness (QED) is 0.500. The molecule has 1 aliphatic rings. The molecular weight excluding hydrogens is 430 g/mol. The molecule has 0 fully saturated rings. The number of benzene rings is 1. The second kappa shape index (κ2) is 7.45. The van der Waals surface area contributed by atoms with E-state index in [0.29, 0.717) is 5.13 Å². The van der Waals surface area contributed by atoms with Crippen molar-refractivity contribution in [1.82, 2.24) is 23.7 Å². The lowest BCUT2D eigenvalue weighted by molar-refractivity contribution is -0.116. The molecule has 0 aliphatic carbocycles. The van der Waals surface area contributed by atoms with Crippen LogP contribution in [0.3, 0.4) is 0 Å². The van der Waals surface area contributed by atoms with Gasteiger partial charge in [0.1, 0.15) is 6.54 Å². The lowest BCUT2D eigenvalue weighted by Crippen LogP contribution is -2.37. The molecule has 0 radical (unpaired) electrons. The summed E-state index contributed by atoms with van der Waals surface area (Å²) >= 11 is 1.34. The van der Waals surface area contributed by atoms with Crippen LogP contribution in [-0.4, -0.2) is 43.2 Å². The van der Waals surface area contributed by atoms with Crippen molar-refractivity contribution in [2.45, 2.75) is 13.0 Å². The summed E-state index contributed by atoms with van der Waals surface area (Å²) in [5, 5.41) is 5.17. The number of rotatable bonds is 4. The van der Waals surface area contributed by atoms with Gasteiger partial charge in [-0.15, -0.1) is 11.3 Å². The van der Waals surface area contributed by atoms with Crippen molar-refractivity contribution in [3.8, 4) is 11.3 Å². The minimum absolute atomic E-state index is 0.123.